The average molecular weight is 457 g/mol. The largest absolute Gasteiger partial charge is 0.0998 e. The summed E-state index contributed by atoms with van der Waals surface area (Å²) >= 11 is 0. The Morgan fingerprint density at radius 1 is 0.286 bits per heavy atom. The number of rotatable bonds is 0. The van der Waals surface area contributed by atoms with Gasteiger partial charge in [-0.25, -0.2) is 0 Å². The molecule has 2 aliphatic rings. The van der Waals surface area contributed by atoms with Gasteiger partial charge in [0.2, 0.25) is 0 Å². The summed E-state index contributed by atoms with van der Waals surface area (Å²) in [5.74, 6) is 0. The second-order valence-electron chi connectivity index (χ2n) is 8.77. The van der Waals surface area contributed by atoms with Crippen LogP contribution in [0, 0.1) is 0 Å². The molecule has 160 valence electrons. The lowest BCUT2D eigenvalue weighted by molar-refractivity contribution is 0.585. The van der Waals surface area contributed by atoms with E-state index in [-0.39, 0.29) is 0 Å². The van der Waals surface area contributed by atoms with E-state index < -0.39 is 0 Å². The molecule has 0 aliphatic heterocycles. The molecule has 0 unspecified atom stereocenters. The van der Waals surface area contributed by atoms with Crippen molar-refractivity contribution in [2.75, 3.05) is 0 Å². The van der Waals surface area contributed by atoms with Gasteiger partial charge in [0, 0.05) is 0 Å². The fourth-order valence-electron chi connectivity index (χ4n) is 4.55. The van der Waals surface area contributed by atoms with Crippen LogP contribution < -0.4 is 7.69 Å². The molecule has 4 heteroatoms. The van der Waals surface area contributed by atoms with Crippen molar-refractivity contribution in [1.82, 2.24) is 0 Å². The summed E-state index contributed by atoms with van der Waals surface area (Å²) in [4.78, 5) is 0. The van der Waals surface area contributed by atoms with Crippen molar-refractivity contribution >= 4 is 52.5 Å². The molecule has 1 aromatic heterocycles. The van der Waals surface area contributed by atoms with E-state index in [1.165, 1.54) is 128 Å². The van der Waals surface area contributed by atoms with Crippen LogP contribution in [-0.4, -0.2) is 0 Å². The molecule has 1 heterocycles. The molecule has 0 amide bonds. The monoisotopic (exact) mass is 456 g/mol. The maximum atomic E-state index is 2.11. The van der Waals surface area contributed by atoms with E-state index >= 15 is 0 Å². The summed E-state index contributed by atoms with van der Waals surface area (Å²) in [6.07, 6.45) is 28.6. The highest BCUT2D eigenvalue weighted by Crippen LogP contribution is 2.24. The summed E-state index contributed by atoms with van der Waals surface area (Å²) in [5, 5.41) is 0. The zero-order valence-corrected chi connectivity index (χ0v) is 21.0. The molecule has 3 rings (SSSR count). The molecular weight excluding hydrogens is 417 g/mol. The highest BCUT2D eigenvalue weighted by molar-refractivity contribution is 7.81. The SMILES string of the molecule is C1CCCCCC(=c2ssc(=C3CCCCCCCCCC3)ss2)CCCC1. The van der Waals surface area contributed by atoms with Crippen molar-refractivity contribution in [2.45, 2.75) is 128 Å². The maximum Gasteiger partial charge on any atom is 0.0998 e. The first-order valence-corrected chi connectivity index (χ1v) is 16.4. The normalized spacial score (nSPS) is 22.1. The Morgan fingerprint density at radius 3 is 0.750 bits per heavy atom. The zero-order chi connectivity index (χ0) is 19.3. The van der Waals surface area contributed by atoms with Crippen molar-refractivity contribution in [3.05, 3.63) is 7.69 Å². The maximum absolute atomic E-state index is 2.11. The number of hydrogen-bond donors (Lipinski definition) is 0. The van der Waals surface area contributed by atoms with Crippen LogP contribution in [0.5, 0.6) is 0 Å². The van der Waals surface area contributed by atoms with Crippen molar-refractivity contribution < 1.29 is 0 Å². The third-order valence-electron chi connectivity index (χ3n) is 6.38. The van der Waals surface area contributed by atoms with E-state index in [0.29, 0.717) is 0 Å². The molecule has 1 aromatic rings. The second kappa shape index (κ2) is 14.4. The molecule has 0 aromatic carbocycles. The van der Waals surface area contributed by atoms with Crippen molar-refractivity contribution in [1.29, 1.82) is 0 Å². The van der Waals surface area contributed by atoms with E-state index in [9.17, 15) is 0 Å². The van der Waals surface area contributed by atoms with Crippen LogP contribution in [0.2, 0.25) is 0 Å². The highest BCUT2D eigenvalue weighted by atomic mass is 32.9. The van der Waals surface area contributed by atoms with Crippen molar-refractivity contribution in [2.24, 2.45) is 0 Å². The van der Waals surface area contributed by atoms with E-state index in [2.05, 4.69) is 41.4 Å². The molecule has 0 radical (unpaired) electrons. The summed E-state index contributed by atoms with van der Waals surface area (Å²) in [5.41, 5.74) is 3.59. The highest BCUT2D eigenvalue weighted by Gasteiger charge is 2.07. The van der Waals surface area contributed by atoms with Crippen LogP contribution in [0.4, 0.5) is 0 Å². The van der Waals surface area contributed by atoms with Crippen molar-refractivity contribution in [3.63, 3.8) is 0 Å². The van der Waals surface area contributed by atoms with Gasteiger partial charge in [0.1, 0.15) is 0 Å². The van der Waals surface area contributed by atoms with Gasteiger partial charge in [0.25, 0.3) is 0 Å². The van der Waals surface area contributed by atoms with Gasteiger partial charge >= 0.3 is 0 Å². The standard InChI is InChI=1S/C24H40S4/c1-2-6-10-14-18-21(17-13-9-5-1)23-25-27-24(28-26-23)22-19-15-11-7-3-4-8-12-16-20-22/h1-20H2. The second-order valence-corrected chi connectivity index (χ2v) is 13.6. The Kier molecular flexibility index (Phi) is 11.8. The molecule has 2 saturated carbocycles. The first-order valence-electron chi connectivity index (χ1n) is 12.1. The predicted octanol–water partition coefficient (Wildman–Crippen LogP) is 9.19. The third-order valence-corrected chi connectivity index (χ3v) is 13.1. The molecule has 0 N–H and O–H groups in total. The molecule has 2 aliphatic carbocycles. The third kappa shape index (κ3) is 8.62. The van der Waals surface area contributed by atoms with Crippen LogP contribution in [-0.2, 0) is 0 Å². The molecule has 0 nitrogen and oxygen atoms in total. The molecule has 28 heavy (non-hydrogen) atoms. The minimum Gasteiger partial charge on any atom is -0.0674 e. The van der Waals surface area contributed by atoms with Gasteiger partial charge in [-0.2, -0.15) is 0 Å². The predicted molar refractivity (Wildman–Crippen MR) is 134 cm³/mol. The Balaban J connectivity index is 1.75. The molecule has 0 bridgehead atoms. The lowest BCUT2D eigenvalue weighted by Gasteiger charge is -2.07. The van der Waals surface area contributed by atoms with Gasteiger partial charge in [-0.15, -0.1) is 0 Å². The van der Waals surface area contributed by atoms with Crippen molar-refractivity contribution in [3.8, 4) is 0 Å². The van der Waals surface area contributed by atoms with E-state index in [1.807, 2.05) is 0 Å². The molecule has 2 fully saturated rings. The van der Waals surface area contributed by atoms with Gasteiger partial charge < -0.3 is 0 Å². The summed E-state index contributed by atoms with van der Waals surface area (Å²) < 4.78 is 3.32. The lowest BCUT2D eigenvalue weighted by atomic mass is 10.0. The minimum atomic E-state index is 1.36. The van der Waals surface area contributed by atoms with Crippen LogP contribution >= 0.6 is 41.4 Å². The van der Waals surface area contributed by atoms with Crippen LogP contribution in [0.3, 0.4) is 0 Å². The van der Waals surface area contributed by atoms with Crippen LogP contribution in [0.15, 0.2) is 0 Å². The number of hydrogen-bond acceptors (Lipinski definition) is 4. The van der Waals surface area contributed by atoms with Gasteiger partial charge in [0.05, 0.1) is 7.69 Å². The quantitative estimate of drug-likeness (QED) is 0.341. The smallest absolute Gasteiger partial charge is 0.0674 e. The van der Waals surface area contributed by atoms with Crippen LogP contribution in [0.1, 0.15) is 128 Å². The average Bonchev–Trinajstić information content (AvgIpc) is 2.84. The first-order chi connectivity index (χ1) is 13.9. The van der Waals surface area contributed by atoms with Gasteiger partial charge in [-0.3, -0.25) is 0 Å². The van der Waals surface area contributed by atoms with Gasteiger partial charge in [-0.05, 0) is 62.5 Å². The zero-order valence-electron chi connectivity index (χ0n) is 17.8. The fourth-order valence-corrected chi connectivity index (χ4v) is 11.9. The molecular formula is C24H40S4. The summed E-state index contributed by atoms with van der Waals surface area (Å²) in [6, 6.07) is 0. The molecule has 0 atom stereocenters. The van der Waals surface area contributed by atoms with Gasteiger partial charge in [-0.1, -0.05) is 118 Å². The topological polar surface area (TPSA) is 0 Å². The Morgan fingerprint density at radius 2 is 0.500 bits per heavy atom. The van der Waals surface area contributed by atoms with E-state index in [1.54, 1.807) is 18.8 Å². The van der Waals surface area contributed by atoms with E-state index in [4.69, 9.17) is 0 Å². The first kappa shape index (κ1) is 23.0. The molecule has 0 saturated heterocycles. The van der Waals surface area contributed by atoms with Crippen LogP contribution in [0.25, 0.3) is 11.1 Å². The Hall–Kier alpha value is 0.360. The summed E-state index contributed by atoms with van der Waals surface area (Å²) in [7, 11) is 8.44. The Bertz CT molecular complexity index is 572. The fraction of sp³-hybridized carbons (Fsp3) is 0.833. The Labute approximate surface area is 187 Å². The molecule has 0 spiro atoms. The minimum absolute atomic E-state index is 1.36. The van der Waals surface area contributed by atoms with E-state index in [0.717, 1.165) is 0 Å². The lowest BCUT2D eigenvalue weighted by Crippen LogP contribution is -2.04. The summed E-state index contributed by atoms with van der Waals surface area (Å²) in [6.45, 7) is 0. The van der Waals surface area contributed by atoms with Gasteiger partial charge in [0.15, 0.2) is 0 Å².